The maximum atomic E-state index is 13.0. The number of fused-ring (bicyclic) bond motifs is 2. The molecule has 2 N–H and O–H groups in total. The summed E-state index contributed by atoms with van der Waals surface area (Å²) in [4.78, 5) is 43.6. The lowest BCUT2D eigenvalue weighted by atomic mass is 9.99. The van der Waals surface area contributed by atoms with Crippen molar-refractivity contribution in [2.24, 2.45) is 0 Å². The highest BCUT2D eigenvalue weighted by atomic mass is 16.5. The van der Waals surface area contributed by atoms with Crippen LogP contribution in [-0.2, 0) is 11.3 Å². The van der Waals surface area contributed by atoms with E-state index in [4.69, 9.17) is 4.74 Å². The molecule has 9 nitrogen and oxygen atoms in total. The number of aryl methyl sites for hydroxylation is 1. The van der Waals surface area contributed by atoms with E-state index in [1.54, 1.807) is 24.4 Å². The lowest BCUT2D eigenvalue weighted by Gasteiger charge is -2.26. The summed E-state index contributed by atoms with van der Waals surface area (Å²) in [5, 5.41) is 4.86. The van der Waals surface area contributed by atoms with Crippen molar-refractivity contribution in [2.75, 3.05) is 13.7 Å². The predicted octanol–water partition coefficient (Wildman–Crippen LogP) is 1.48. The molecule has 0 radical (unpaired) electrons. The van der Waals surface area contributed by atoms with E-state index < -0.39 is 17.5 Å². The van der Waals surface area contributed by atoms with Gasteiger partial charge in [-0.15, -0.1) is 0 Å². The summed E-state index contributed by atoms with van der Waals surface area (Å²) in [6, 6.07) is 8.25. The average Bonchev–Trinajstić information content (AvgIpc) is 3.38. The van der Waals surface area contributed by atoms with E-state index in [0.29, 0.717) is 23.4 Å². The van der Waals surface area contributed by atoms with Gasteiger partial charge in [0.2, 0.25) is 5.54 Å². The van der Waals surface area contributed by atoms with Gasteiger partial charge in [-0.1, -0.05) is 17.9 Å². The number of hydrogen-bond donors (Lipinski definition) is 2. The van der Waals surface area contributed by atoms with Crippen molar-refractivity contribution in [3.63, 3.8) is 0 Å². The van der Waals surface area contributed by atoms with Crippen LogP contribution in [-0.4, -0.2) is 51.3 Å². The second-order valence-corrected chi connectivity index (χ2v) is 7.81. The number of hydrogen-bond acceptors (Lipinski definition) is 5. The Labute approximate surface area is 184 Å². The first-order valence-corrected chi connectivity index (χ1v) is 9.95. The molecule has 4 amide bonds. The number of nitrogens with one attached hydrogen (secondary N) is 2. The first-order valence-electron chi connectivity index (χ1n) is 9.95. The first-order chi connectivity index (χ1) is 15.4. The highest BCUT2D eigenvalue weighted by Gasteiger charge is 2.48. The fourth-order valence-electron chi connectivity index (χ4n) is 3.98. The smallest absolute Gasteiger partial charge is 0.323 e. The van der Waals surface area contributed by atoms with E-state index in [-0.39, 0.29) is 13.9 Å². The molecule has 0 unspecified atom stereocenters. The number of rotatable bonds is 3. The molecule has 9 heteroatoms. The first kappa shape index (κ1) is 19.6. The molecule has 0 aliphatic carbocycles. The molecule has 1 aromatic carbocycles. The van der Waals surface area contributed by atoms with Crippen LogP contribution in [0.2, 0.25) is 0 Å². The maximum Gasteiger partial charge on any atom is 0.323 e. The van der Waals surface area contributed by atoms with Gasteiger partial charge >= 0.3 is 6.03 Å². The van der Waals surface area contributed by atoms with Crippen LogP contribution in [0.15, 0.2) is 42.7 Å². The number of methoxy groups -OCH3 is 1. The molecule has 4 heterocycles. The molecule has 2 aromatic heterocycles. The van der Waals surface area contributed by atoms with Crippen LogP contribution < -0.4 is 15.4 Å². The Bertz CT molecular complexity index is 1370. The zero-order valence-electron chi connectivity index (χ0n) is 17.4. The van der Waals surface area contributed by atoms with Gasteiger partial charge in [-0.2, -0.15) is 0 Å². The average molecular weight is 431 g/mol. The van der Waals surface area contributed by atoms with E-state index in [9.17, 15) is 14.4 Å². The lowest BCUT2D eigenvalue weighted by Crippen LogP contribution is -2.54. The predicted molar refractivity (Wildman–Crippen MR) is 116 cm³/mol. The molecule has 2 aliphatic heterocycles. The van der Waals surface area contributed by atoms with E-state index in [0.717, 1.165) is 16.9 Å². The molecule has 32 heavy (non-hydrogen) atoms. The van der Waals surface area contributed by atoms with Crippen LogP contribution in [0.3, 0.4) is 0 Å². The number of imide groups is 1. The Morgan fingerprint density at radius 1 is 1.22 bits per heavy atom. The summed E-state index contributed by atoms with van der Waals surface area (Å²) in [6.45, 7) is 2.12. The molecule has 1 atom stereocenters. The van der Waals surface area contributed by atoms with E-state index >= 15 is 0 Å². The number of benzene rings is 1. The number of amides is 4. The van der Waals surface area contributed by atoms with Gasteiger partial charge in [-0.25, -0.2) is 9.78 Å². The van der Waals surface area contributed by atoms with Crippen LogP contribution >= 0.6 is 0 Å². The molecule has 162 valence electrons. The number of imidazole rings is 1. The van der Waals surface area contributed by atoms with Crippen LogP contribution in [0, 0.1) is 18.8 Å². The van der Waals surface area contributed by atoms with Crippen molar-refractivity contribution in [1.29, 1.82) is 0 Å². The number of ether oxygens (including phenoxy) is 1. The molecule has 0 spiro atoms. The molecule has 2 aliphatic rings. The summed E-state index contributed by atoms with van der Waals surface area (Å²) in [6.07, 6.45) is 3.67. The van der Waals surface area contributed by atoms with Gasteiger partial charge in [0.15, 0.2) is 0 Å². The third-order valence-electron chi connectivity index (χ3n) is 5.56. The van der Waals surface area contributed by atoms with Crippen molar-refractivity contribution >= 4 is 23.5 Å². The third kappa shape index (κ3) is 3.22. The van der Waals surface area contributed by atoms with Gasteiger partial charge in [0.05, 0.1) is 19.3 Å². The van der Waals surface area contributed by atoms with Crippen molar-refractivity contribution in [2.45, 2.75) is 19.0 Å². The lowest BCUT2D eigenvalue weighted by molar-refractivity contribution is -0.122. The molecule has 1 fully saturated rings. The van der Waals surface area contributed by atoms with Gasteiger partial charge in [0, 0.05) is 31.5 Å². The zero-order chi connectivity index (χ0) is 22.5. The fourth-order valence-corrected chi connectivity index (χ4v) is 3.98. The van der Waals surface area contributed by atoms with Gasteiger partial charge in [0.25, 0.3) is 11.8 Å². The molecule has 0 bridgehead atoms. The van der Waals surface area contributed by atoms with E-state index in [1.165, 1.54) is 12.0 Å². The van der Waals surface area contributed by atoms with Crippen LogP contribution in [0.1, 0.15) is 28.6 Å². The summed E-state index contributed by atoms with van der Waals surface area (Å²) in [5.74, 6) is 5.63. The quantitative estimate of drug-likeness (QED) is 0.483. The van der Waals surface area contributed by atoms with Crippen molar-refractivity contribution < 1.29 is 20.5 Å². The van der Waals surface area contributed by atoms with Crippen LogP contribution in [0.5, 0.6) is 5.75 Å². The van der Waals surface area contributed by atoms with Crippen LogP contribution in [0.4, 0.5) is 4.79 Å². The Morgan fingerprint density at radius 2 is 2.06 bits per heavy atom. The Hall–Kier alpha value is -4.32. The van der Waals surface area contributed by atoms with E-state index in [1.807, 2.05) is 29.7 Å². The standard InChI is InChI=1S/C23H19N5O4.H2/c1-14-10-27-11-15(3-6-19(27)24-14)7-8-23(21(30)25-22(31)26-23)13-28-12-16-4-5-17(32-2)9-18(16)20(28)29;/h3-6,9-11H,12-13H2,1-2H3,(H2,25,26,30,31);1H/t23-;/m1./s1. The van der Waals surface area contributed by atoms with Gasteiger partial charge in [0.1, 0.15) is 11.4 Å². The van der Waals surface area contributed by atoms with Gasteiger partial charge < -0.3 is 19.4 Å². The summed E-state index contributed by atoms with van der Waals surface area (Å²) < 4.78 is 7.05. The molecule has 3 aromatic rings. The minimum Gasteiger partial charge on any atom is -0.497 e. The number of aromatic nitrogens is 2. The maximum absolute atomic E-state index is 13.0. The van der Waals surface area contributed by atoms with Gasteiger partial charge in [-0.05, 0) is 36.8 Å². The second kappa shape index (κ2) is 7.13. The number of urea groups is 1. The zero-order valence-corrected chi connectivity index (χ0v) is 17.4. The number of carbonyl (C=O) groups is 3. The Balaban J connectivity index is 0.00000259. The van der Waals surface area contributed by atoms with Crippen molar-refractivity contribution in [1.82, 2.24) is 24.9 Å². The fraction of sp³-hybridized carbons (Fsp3) is 0.217. The highest BCUT2D eigenvalue weighted by Crippen LogP contribution is 2.28. The third-order valence-corrected chi connectivity index (χ3v) is 5.56. The molecular weight excluding hydrogens is 410 g/mol. The second-order valence-electron chi connectivity index (χ2n) is 7.81. The Kier molecular flexibility index (Phi) is 4.37. The van der Waals surface area contributed by atoms with Crippen molar-refractivity contribution in [3.8, 4) is 17.6 Å². The minimum absolute atomic E-state index is 0. The molecule has 0 saturated carbocycles. The topological polar surface area (TPSA) is 105 Å². The molecule has 5 rings (SSSR count). The Morgan fingerprint density at radius 3 is 2.81 bits per heavy atom. The summed E-state index contributed by atoms with van der Waals surface area (Å²) in [5.41, 5.74) is 2.08. The van der Waals surface area contributed by atoms with Crippen molar-refractivity contribution in [3.05, 3.63) is 65.1 Å². The van der Waals surface area contributed by atoms with Crippen LogP contribution in [0.25, 0.3) is 5.65 Å². The normalized spacial score (nSPS) is 19.4. The summed E-state index contributed by atoms with van der Waals surface area (Å²) in [7, 11) is 1.53. The largest absolute Gasteiger partial charge is 0.497 e. The highest BCUT2D eigenvalue weighted by molar-refractivity contribution is 6.10. The number of carbonyl (C=O) groups excluding carboxylic acids is 3. The number of nitrogens with zero attached hydrogens (tertiary/aromatic N) is 3. The molecule has 1 saturated heterocycles. The molecular formula is C23H21N5O4. The minimum atomic E-state index is -1.56. The summed E-state index contributed by atoms with van der Waals surface area (Å²) >= 11 is 0. The number of pyridine rings is 1. The van der Waals surface area contributed by atoms with E-state index in [2.05, 4.69) is 27.5 Å². The SMILES string of the molecule is COc1ccc2c(c1)C(=O)N(C[C@@]1(C#Cc3ccc4nc(C)cn4c3)NC(=O)NC1=O)C2.[HH]. The monoisotopic (exact) mass is 431 g/mol. The van der Waals surface area contributed by atoms with Gasteiger partial charge in [-0.3, -0.25) is 14.9 Å².